The zero-order chi connectivity index (χ0) is 12.6. The molecule has 4 heteroatoms. The summed E-state index contributed by atoms with van der Waals surface area (Å²) in [6.07, 6.45) is 2.44. The highest BCUT2D eigenvalue weighted by Gasteiger charge is 2.13. The van der Waals surface area contributed by atoms with E-state index in [1.165, 1.54) is 25.0 Å². The fourth-order valence-corrected chi connectivity index (χ4v) is 2.06. The van der Waals surface area contributed by atoms with Crippen molar-refractivity contribution in [3.63, 3.8) is 0 Å². The average molecular weight is 253 g/mol. The van der Waals surface area contributed by atoms with E-state index in [1.807, 2.05) is 6.07 Å². The topological polar surface area (TPSA) is 30.5 Å². The Hall–Kier alpha value is -0.970. The molecule has 100 valence electrons. The van der Waals surface area contributed by atoms with Crippen LogP contribution in [0.15, 0.2) is 24.3 Å². The van der Waals surface area contributed by atoms with Crippen LogP contribution in [0.3, 0.4) is 0 Å². The van der Waals surface area contributed by atoms with Gasteiger partial charge in [0, 0.05) is 6.04 Å². The van der Waals surface area contributed by atoms with Crippen LogP contribution >= 0.6 is 0 Å². The summed E-state index contributed by atoms with van der Waals surface area (Å²) in [7, 11) is 0. The summed E-state index contributed by atoms with van der Waals surface area (Å²) in [5.74, 6) is -0.223. The standard InChI is InChI=1S/C14H20FNO2/c15-13-4-1-3-12(9-13)10-17-7-8-18-11-14-5-2-6-16-14/h1,3-4,9,14,16H,2,5-8,10-11H2/t14-/m1/s1. The molecule has 1 atom stereocenters. The smallest absolute Gasteiger partial charge is 0.123 e. The van der Waals surface area contributed by atoms with Crippen molar-refractivity contribution >= 4 is 0 Å². The molecule has 0 aliphatic carbocycles. The van der Waals surface area contributed by atoms with Gasteiger partial charge in [0.25, 0.3) is 0 Å². The lowest BCUT2D eigenvalue weighted by Gasteiger charge is -2.10. The molecule has 0 unspecified atom stereocenters. The first-order valence-corrected chi connectivity index (χ1v) is 6.48. The van der Waals surface area contributed by atoms with E-state index >= 15 is 0 Å². The number of hydrogen-bond donors (Lipinski definition) is 1. The molecule has 2 rings (SSSR count). The van der Waals surface area contributed by atoms with Gasteiger partial charge in [-0.25, -0.2) is 4.39 Å². The average Bonchev–Trinajstić information content (AvgIpc) is 2.87. The molecule has 1 N–H and O–H groups in total. The summed E-state index contributed by atoms with van der Waals surface area (Å²) in [4.78, 5) is 0. The first-order valence-electron chi connectivity index (χ1n) is 6.48. The Morgan fingerprint density at radius 3 is 2.94 bits per heavy atom. The van der Waals surface area contributed by atoms with Gasteiger partial charge in [-0.15, -0.1) is 0 Å². The lowest BCUT2D eigenvalue weighted by Crippen LogP contribution is -2.27. The molecule has 1 aliphatic rings. The maximum absolute atomic E-state index is 12.9. The van der Waals surface area contributed by atoms with Gasteiger partial charge in [0.15, 0.2) is 0 Å². The molecule has 1 heterocycles. The fraction of sp³-hybridized carbons (Fsp3) is 0.571. The Morgan fingerprint density at radius 1 is 1.28 bits per heavy atom. The van der Waals surface area contributed by atoms with Crippen molar-refractivity contribution in [3.8, 4) is 0 Å². The first kappa shape index (κ1) is 13.5. The minimum absolute atomic E-state index is 0.223. The van der Waals surface area contributed by atoms with Crippen LogP contribution in [0.1, 0.15) is 18.4 Å². The third-order valence-corrected chi connectivity index (χ3v) is 3.01. The highest BCUT2D eigenvalue weighted by atomic mass is 19.1. The van der Waals surface area contributed by atoms with Gasteiger partial charge in [0.05, 0.1) is 26.4 Å². The second-order valence-corrected chi connectivity index (χ2v) is 4.55. The van der Waals surface area contributed by atoms with Gasteiger partial charge in [-0.2, -0.15) is 0 Å². The van der Waals surface area contributed by atoms with E-state index in [0.29, 0.717) is 25.9 Å². The van der Waals surface area contributed by atoms with Crippen LogP contribution in [0.2, 0.25) is 0 Å². The van der Waals surface area contributed by atoms with Crippen LogP contribution in [-0.4, -0.2) is 32.4 Å². The number of ether oxygens (including phenoxy) is 2. The molecular formula is C14H20FNO2. The number of halogens is 1. The minimum Gasteiger partial charge on any atom is -0.377 e. The van der Waals surface area contributed by atoms with Gasteiger partial charge in [-0.05, 0) is 37.1 Å². The molecule has 1 saturated heterocycles. The second-order valence-electron chi connectivity index (χ2n) is 4.55. The van der Waals surface area contributed by atoms with E-state index < -0.39 is 0 Å². The Kier molecular flexibility index (Phi) is 5.58. The summed E-state index contributed by atoms with van der Waals surface area (Å²) >= 11 is 0. The zero-order valence-corrected chi connectivity index (χ0v) is 10.5. The third kappa shape index (κ3) is 4.72. The maximum Gasteiger partial charge on any atom is 0.123 e. The van der Waals surface area contributed by atoms with Gasteiger partial charge in [0.2, 0.25) is 0 Å². The van der Waals surface area contributed by atoms with Crippen LogP contribution in [0.25, 0.3) is 0 Å². The first-order chi connectivity index (χ1) is 8.84. The molecule has 0 amide bonds. The van der Waals surface area contributed by atoms with Crippen molar-refractivity contribution in [1.29, 1.82) is 0 Å². The highest BCUT2D eigenvalue weighted by molar-refractivity contribution is 5.15. The molecule has 3 nitrogen and oxygen atoms in total. The van der Waals surface area contributed by atoms with E-state index in [4.69, 9.17) is 9.47 Å². The van der Waals surface area contributed by atoms with Crippen LogP contribution < -0.4 is 5.32 Å². The van der Waals surface area contributed by atoms with Crippen molar-refractivity contribution in [2.24, 2.45) is 0 Å². The molecule has 1 aromatic rings. The summed E-state index contributed by atoms with van der Waals surface area (Å²) in [5, 5.41) is 3.37. The lowest BCUT2D eigenvalue weighted by atomic mass is 10.2. The van der Waals surface area contributed by atoms with Gasteiger partial charge >= 0.3 is 0 Å². The van der Waals surface area contributed by atoms with Crippen LogP contribution in [-0.2, 0) is 16.1 Å². The number of benzene rings is 1. The second kappa shape index (κ2) is 7.46. The third-order valence-electron chi connectivity index (χ3n) is 3.01. The molecule has 1 aromatic carbocycles. The minimum atomic E-state index is -0.223. The molecule has 0 saturated carbocycles. The molecule has 1 fully saturated rings. The van der Waals surface area contributed by atoms with Gasteiger partial charge in [0.1, 0.15) is 5.82 Å². The number of hydrogen-bond acceptors (Lipinski definition) is 3. The van der Waals surface area contributed by atoms with E-state index in [1.54, 1.807) is 6.07 Å². The van der Waals surface area contributed by atoms with Crippen molar-refractivity contribution in [3.05, 3.63) is 35.6 Å². The van der Waals surface area contributed by atoms with Crippen molar-refractivity contribution in [1.82, 2.24) is 5.32 Å². The fourth-order valence-electron chi connectivity index (χ4n) is 2.06. The summed E-state index contributed by atoms with van der Waals surface area (Å²) in [6, 6.07) is 6.97. The lowest BCUT2D eigenvalue weighted by molar-refractivity contribution is 0.0343. The quantitative estimate of drug-likeness (QED) is 0.755. The van der Waals surface area contributed by atoms with Crippen molar-refractivity contribution < 1.29 is 13.9 Å². The largest absolute Gasteiger partial charge is 0.377 e. The molecular weight excluding hydrogens is 233 g/mol. The predicted molar refractivity (Wildman–Crippen MR) is 67.9 cm³/mol. The molecule has 0 radical (unpaired) electrons. The Morgan fingerprint density at radius 2 is 2.17 bits per heavy atom. The predicted octanol–water partition coefficient (Wildman–Crippen LogP) is 2.11. The molecule has 0 aromatic heterocycles. The SMILES string of the molecule is Fc1cccc(COCCOC[C@H]2CCCN2)c1. The number of nitrogens with one attached hydrogen (secondary N) is 1. The molecule has 1 aliphatic heterocycles. The van der Waals surface area contributed by atoms with Gasteiger partial charge in [-0.3, -0.25) is 0 Å². The monoisotopic (exact) mass is 253 g/mol. The van der Waals surface area contributed by atoms with Crippen molar-refractivity contribution in [2.45, 2.75) is 25.5 Å². The number of rotatable bonds is 7. The van der Waals surface area contributed by atoms with Crippen LogP contribution in [0, 0.1) is 5.82 Å². The van der Waals surface area contributed by atoms with Crippen molar-refractivity contribution in [2.75, 3.05) is 26.4 Å². The normalized spacial score (nSPS) is 19.3. The Labute approximate surface area is 107 Å². The Balaban J connectivity index is 1.50. The molecule has 0 spiro atoms. The summed E-state index contributed by atoms with van der Waals surface area (Å²) < 4.78 is 23.8. The van der Waals surface area contributed by atoms with E-state index in [9.17, 15) is 4.39 Å². The van der Waals surface area contributed by atoms with E-state index in [-0.39, 0.29) is 5.82 Å². The highest BCUT2D eigenvalue weighted by Crippen LogP contribution is 2.06. The summed E-state index contributed by atoms with van der Waals surface area (Å²) in [5.41, 5.74) is 0.854. The van der Waals surface area contributed by atoms with Crippen LogP contribution in [0.5, 0.6) is 0 Å². The van der Waals surface area contributed by atoms with E-state index in [0.717, 1.165) is 18.7 Å². The van der Waals surface area contributed by atoms with Crippen LogP contribution in [0.4, 0.5) is 4.39 Å². The van der Waals surface area contributed by atoms with E-state index in [2.05, 4.69) is 5.32 Å². The molecule has 18 heavy (non-hydrogen) atoms. The zero-order valence-electron chi connectivity index (χ0n) is 10.5. The summed E-state index contributed by atoms with van der Waals surface area (Å²) in [6.45, 7) is 3.42. The van der Waals surface area contributed by atoms with Gasteiger partial charge < -0.3 is 14.8 Å². The van der Waals surface area contributed by atoms with Gasteiger partial charge in [-0.1, -0.05) is 12.1 Å². The Bertz CT molecular complexity index is 353. The maximum atomic E-state index is 12.9. The molecule has 0 bridgehead atoms.